The summed E-state index contributed by atoms with van der Waals surface area (Å²) in [4.78, 5) is 20.5. The third-order valence-corrected chi connectivity index (χ3v) is 5.93. The molecule has 5 heterocycles. The Morgan fingerprint density at radius 1 is 1.00 bits per heavy atom. The van der Waals surface area contributed by atoms with Gasteiger partial charge in [0.1, 0.15) is 17.5 Å². The van der Waals surface area contributed by atoms with Crippen LogP contribution in [0.2, 0.25) is 0 Å². The van der Waals surface area contributed by atoms with Gasteiger partial charge in [-0.15, -0.1) is 0 Å². The van der Waals surface area contributed by atoms with E-state index in [1.54, 1.807) is 18.6 Å². The lowest BCUT2D eigenvalue weighted by Crippen LogP contribution is -2.43. The van der Waals surface area contributed by atoms with Gasteiger partial charge in [0.05, 0.1) is 11.9 Å². The molecule has 0 saturated carbocycles. The van der Waals surface area contributed by atoms with Crippen LogP contribution in [0.15, 0.2) is 67.3 Å². The molecule has 1 unspecified atom stereocenters. The van der Waals surface area contributed by atoms with Crippen LogP contribution in [0.5, 0.6) is 0 Å². The van der Waals surface area contributed by atoms with Crippen LogP contribution in [0.3, 0.4) is 0 Å². The zero-order chi connectivity index (χ0) is 19.9. The summed E-state index contributed by atoms with van der Waals surface area (Å²) in [6, 6.07) is 15.7. The van der Waals surface area contributed by atoms with Gasteiger partial charge < -0.3 is 15.5 Å². The molecular weight excluding hydrogens is 374 g/mol. The van der Waals surface area contributed by atoms with Crippen molar-refractivity contribution in [2.24, 2.45) is 0 Å². The Bertz CT molecular complexity index is 1210. The number of nitrogens with zero attached hydrogens (tertiary/aromatic N) is 5. The highest BCUT2D eigenvalue weighted by Crippen LogP contribution is 2.33. The van der Waals surface area contributed by atoms with Gasteiger partial charge in [0.15, 0.2) is 0 Å². The van der Waals surface area contributed by atoms with Gasteiger partial charge in [0, 0.05) is 54.7 Å². The normalized spacial score (nSPS) is 20.1. The summed E-state index contributed by atoms with van der Waals surface area (Å²) in [6.07, 6.45) is 8.10. The lowest BCUT2D eigenvalue weighted by Gasteiger charge is -2.28. The van der Waals surface area contributed by atoms with Crippen LogP contribution in [0.4, 0.5) is 17.5 Å². The lowest BCUT2D eigenvalue weighted by atomic mass is 10.0. The Morgan fingerprint density at radius 3 is 2.80 bits per heavy atom. The molecule has 2 saturated heterocycles. The Kier molecular flexibility index (Phi) is 4.06. The topological polar surface area (TPSA) is 78.9 Å². The number of rotatable bonds is 4. The minimum absolute atomic E-state index is 0.534. The number of hydrogen-bond acceptors (Lipinski definition) is 7. The molecule has 4 aromatic rings. The van der Waals surface area contributed by atoms with Crippen molar-refractivity contribution in [2.45, 2.75) is 18.5 Å². The first kappa shape index (κ1) is 17.3. The second-order valence-corrected chi connectivity index (χ2v) is 7.84. The first-order chi connectivity index (χ1) is 14.8. The van der Waals surface area contributed by atoms with Crippen LogP contribution >= 0.6 is 0 Å². The third kappa shape index (κ3) is 3.04. The molecule has 6 rings (SSSR count). The van der Waals surface area contributed by atoms with Gasteiger partial charge in [-0.3, -0.25) is 4.98 Å². The van der Waals surface area contributed by atoms with Gasteiger partial charge >= 0.3 is 0 Å². The predicted octanol–water partition coefficient (Wildman–Crippen LogP) is 3.38. The van der Waals surface area contributed by atoms with Crippen molar-refractivity contribution in [3.8, 4) is 11.3 Å². The van der Waals surface area contributed by atoms with Crippen LogP contribution in [-0.4, -0.2) is 45.1 Å². The molecule has 0 spiro atoms. The van der Waals surface area contributed by atoms with Crippen molar-refractivity contribution >= 4 is 28.2 Å². The molecule has 30 heavy (non-hydrogen) atoms. The maximum Gasteiger partial charge on any atom is 0.150 e. The van der Waals surface area contributed by atoms with Gasteiger partial charge in [0.2, 0.25) is 0 Å². The van der Waals surface area contributed by atoms with E-state index in [1.807, 2.05) is 24.4 Å². The van der Waals surface area contributed by atoms with E-state index in [2.05, 4.69) is 54.8 Å². The van der Waals surface area contributed by atoms with E-state index < -0.39 is 0 Å². The quantitative estimate of drug-likeness (QED) is 0.548. The molecule has 3 aromatic heterocycles. The molecule has 0 aliphatic carbocycles. The highest BCUT2D eigenvalue weighted by atomic mass is 15.3. The van der Waals surface area contributed by atoms with E-state index in [4.69, 9.17) is 4.98 Å². The monoisotopic (exact) mass is 395 g/mol. The molecule has 0 radical (unpaired) electrons. The van der Waals surface area contributed by atoms with Crippen LogP contribution in [-0.2, 0) is 0 Å². The molecule has 0 amide bonds. The highest BCUT2D eigenvalue weighted by molar-refractivity contribution is 5.96. The molecule has 2 bridgehead atoms. The van der Waals surface area contributed by atoms with Crippen molar-refractivity contribution in [3.05, 3.63) is 67.3 Å². The summed E-state index contributed by atoms with van der Waals surface area (Å²) in [6.45, 7) is 2.05. The standard InChI is InChI=1S/C23H21N7/c1-2-4-19-15(3-1)9-20(28-21-13-24-7-8-25-21)29-23(19)16-5-6-26-22(10-16)30-14-17-11-18(30)12-27-17/h1-10,13,17-18,27H,11-12,14H2,(H,25,28,29)/t17?,18-/m0/s1. The number of benzene rings is 1. The molecule has 7 nitrogen and oxygen atoms in total. The summed E-state index contributed by atoms with van der Waals surface area (Å²) in [5.74, 6) is 2.44. The smallest absolute Gasteiger partial charge is 0.150 e. The largest absolute Gasteiger partial charge is 0.351 e. The molecule has 2 N–H and O–H groups in total. The van der Waals surface area contributed by atoms with Gasteiger partial charge in [-0.05, 0) is 30.0 Å². The Balaban J connectivity index is 1.43. The maximum absolute atomic E-state index is 4.94. The average Bonchev–Trinajstić information content (AvgIpc) is 3.43. The van der Waals surface area contributed by atoms with E-state index >= 15 is 0 Å². The number of anilines is 3. The van der Waals surface area contributed by atoms with E-state index in [9.17, 15) is 0 Å². The minimum atomic E-state index is 0.534. The number of nitrogens with one attached hydrogen (secondary N) is 2. The number of hydrogen-bond donors (Lipinski definition) is 2. The third-order valence-electron chi connectivity index (χ3n) is 5.93. The fraction of sp³-hybridized carbons (Fsp3) is 0.217. The molecule has 2 atom stereocenters. The first-order valence-electron chi connectivity index (χ1n) is 10.2. The Hall–Kier alpha value is -3.58. The molecule has 2 aliphatic rings. The van der Waals surface area contributed by atoms with Gasteiger partial charge in [-0.2, -0.15) is 0 Å². The zero-order valence-corrected chi connectivity index (χ0v) is 16.4. The molecule has 2 fully saturated rings. The second kappa shape index (κ2) is 7.03. The van der Waals surface area contributed by atoms with Gasteiger partial charge in [-0.25, -0.2) is 15.0 Å². The Morgan fingerprint density at radius 2 is 1.97 bits per heavy atom. The van der Waals surface area contributed by atoms with Crippen LogP contribution in [0.25, 0.3) is 22.0 Å². The van der Waals surface area contributed by atoms with Crippen LogP contribution in [0.1, 0.15) is 6.42 Å². The number of piperazine rings is 1. The zero-order valence-electron chi connectivity index (χ0n) is 16.4. The van der Waals surface area contributed by atoms with E-state index in [-0.39, 0.29) is 0 Å². The van der Waals surface area contributed by atoms with E-state index in [0.29, 0.717) is 17.9 Å². The Labute approximate surface area is 174 Å². The van der Waals surface area contributed by atoms with Crippen LogP contribution < -0.4 is 15.5 Å². The number of fused-ring (bicyclic) bond motifs is 3. The van der Waals surface area contributed by atoms with Gasteiger partial charge in [-0.1, -0.05) is 24.3 Å². The number of pyridine rings is 2. The summed E-state index contributed by atoms with van der Waals surface area (Å²) in [5, 5.41) is 9.07. The van der Waals surface area contributed by atoms with Gasteiger partial charge in [0.25, 0.3) is 0 Å². The summed E-state index contributed by atoms with van der Waals surface area (Å²) in [5.41, 5.74) is 2.00. The summed E-state index contributed by atoms with van der Waals surface area (Å²) in [7, 11) is 0. The highest BCUT2D eigenvalue weighted by Gasteiger charge is 2.38. The average molecular weight is 395 g/mol. The summed E-state index contributed by atoms with van der Waals surface area (Å²) >= 11 is 0. The molecule has 1 aromatic carbocycles. The van der Waals surface area contributed by atoms with Crippen molar-refractivity contribution in [1.29, 1.82) is 0 Å². The summed E-state index contributed by atoms with van der Waals surface area (Å²) < 4.78 is 0. The molecule has 2 aliphatic heterocycles. The van der Waals surface area contributed by atoms with Crippen molar-refractivity contribution in [1.82, 2.24) is 25.3 Å². The second-order valence-electron chi connectivity index (χ2n) is 7.84. The molecule has 7 heteroatoms. The first-order valence-corrected chi connectivity index (χ1v) is 10.2. The molecule has 148 valence electrons. The van der Waals surface area contributed by atoms with Crippen molar-refractivity contribution in [3.63, 3.8) is 0 Å². The minimum Gasteiger partial charge on any atom is -0.351 e. The molecular formula is C23H21N7. The van der Waals surface area contributed by atoms with Crippen molar-refractivity contribution < 1.29 is 0 Å². The maximum atomic E-state index is 4.94. The SMILES string of the molecule is c1ccc2c(-c3ccnc(N4CC5C[C@H]4CN5)c3)nc(Nc3cnccn3)cc2c1. The lowest BCUT2D eigenvalue weighted by molar-refractivity contribution is 0.576. The fourth-order valence-electron chi connectivity index (χ4n) is 4.54. The van der Waals surface area contributed by atoms with E-state index in [0.717, 1.165) is 46.8 Å². The van der Waals surface area contributed by atoms with Crippen molar-refractivity contribution in [2.75, 3.05) is 23.3 Å². The van der Waals surface area contributed by atoms with Crippen LogP contribution in [0, 0.1) is 0 Å². The fourth-order valence-corrected chi connectivity index (χ4v) is 4.54. The van der Waals surface area contributed by atoms with E-state index in [1.165, 1.54) is 6.42 Å². The number of aromatic nitrogens is 4. The predicted molar refractivity (Wildman–Crippen MR) is 118 cm³/mol.